The second-order valence-corrected chi connectivity index (χ2v) is 6.36. The van der Waals surface area contributed by atoms with E-state index in [0.29, 0.717) is 18.2 Å². The van der Waals surface area contributed by atoms with Crippen LogP contribution in [-0.2, 0) is 10.0 Å². The minimum atomic E-state index is -3.65. The second-order valence-electron chi connectivity index (χ2n) is 4.68. The van der Waals surface area contributed by atoms with Crippen molar-refractivity contribution in [1.82, 2.24) is 4.98 Å². The summed E-state index contributed by atoms with van der Waals surface area (Å²) >= 11 is 0. The number of hydrogen-bond donors (Lipinski definition) is 1. The van der Waals surface area contributed by atoms with E-state index in [1.807, 2.05) is 26.8 Å². The molecule has 112 valence electrons. The van der Waals surface area contributed by atoms with Crippen LogP contribution in [0, 0.1) is 13.8 Å². The average Bonchev–Trinajstić information content (AvgIpc) is 2.38. The molecular weight excluding hydrogens is 288 g/mol. The Labute approximate surface area is 125 Å². The van der Waals surface area contributed by atoms with Gasteiger partial charge in [-0.25, -0.2) is 13.4 Å². The number of hydrogen-bond acceptors (Lipinski definition) is 4. The molecule has 1 N–H and O–H groups in total. The second kappa shape index (κ2) is 6.13. The molecule has 1 heterocycles. The molecule has 0 spiro atoms. The van der Waals surface area contributed by atoms with Crippen molar-refractivity contribution in [3.63, 3.8) is 0 Å². The van der Waals surface area contributed by atoms with E-state index in [9.17, 15) is 8.42 Å². The summed E-state index contributed by atoms with van der Waals surface area (Å²) in [4.78, 5) is 4.35. The van der Waals surface area contributed by atoms with E-state index < -0.39 is 10.0 Å². The molecule has 2 rings (SSSR count). The zero-order valence-electron chi connectivity index (χ0n) is 12.3. The Morgan fingerprint density at radius 1 is 1.14 bits per heavy atom. The van der Waals surface area contributed by atoms with Crippen LogP contribution in [0.15, 0.2) is 41.3 Å². The molecule has 0 atom stereocenters. The molecule has 0 fully saturated rings. The monoisotopic (exact) mass is 306 g/mol. The van der Waals surface area contributed by atoms with Gasteiger partial charge in [-0.15, -0.1) is 0 Å². The van der Waals surface area contributed by atoms with Crippen molar-refractivity contribution in [3.05, 3.63) is 47.7 Å². The number of anilines is 1. The Balaban J connectivity index is 2.25. The van der Waals surface area contributed by atoms with Gasteiger partial charge in [-0.2, -0.15) is 0 Å². The first-order valence-corrected chi connectivity index (χ1v) is 8.10. The van der Waals surface area contributed by atoms with Gasteiger partial charge in [0.1, 0.15) is 11.6 Å². The highest BCUT2D eigenvalue weighted by Crippen LogP contribution is 2.19. The SMILES string of the molecule is CCOc1ccc(S(=O)(=O)Nc2cc(C)cc(C)n2)cc1. The van der Waals surface area contributed by atoms with E-state index >= 15 is 0 Å². The molecule has 0 amide bonds. The largest absolute Gasteiger partial charge is 0.494 e. The first kappa shape index (κ1) is 15.3. The summed E-state index contributed by atoms with van der Waals surface area (Å²) in [5, 5.41) is 0. The minimum absolute atomic E-state index is 0.173. The van der Waals surface area contributed by atoms with Crippen molar-refractivity contribution in [3.8, 4) is 5.75 Å². The Morgan fingerprint density at radius 2 is 1.81 bits per heavy atom. The van der Waals surface area contributed by atoms with Crippen LogP contribution in [-0.4, -0.2) is 20.0 Å². The van der Waals surface area contributed by atoms with Crippen LogP contribution in [0.25, 0.3) is 0 Å². The smallest absolute Gasteiger partial charge is 0.263 e. The lowest BCUT2D eigenvalue weighted by Gasteiger charge is -2.09. The molecule has 21 heavy (non-hydrogen) atoms. The molecule has 0 saturated carbocycles. The van der Waals surface area contributed by atoms with Gasteiger partial charge in [-0.3, -0.25) is 4.72 Å². The quantitative estimate of drug-likeness (QED) is 0.922. The minimum Gasteiger partial charge on any atom is -0.494 e. The average molecular weight is 306 g/mol. The summed E-state index contributed by atoms with van der Waals surface area (Å²) in [5.74, 6) is 0.961. The predicted molar refractivity (Wildman–Crippen MR) is 82.1 cm³/mol. The number of pyridine rings is 1. The Morgan fingerprint density at radius 3 is 2.38 bits per heavy atom. The summed E-state index contributed by atoms with van der Waals surface area (Å²) in [6, 6.07) is 9.86. The molecule has 0 bridgehead atoms. The number of nitrogens with one attached hydrogen (secondary N) is 1. The van der Waals surface area contributed by atoms with E-state index in [0.717, 1.165) is 11.3 Å². The number of ether oxygens (including phenoxy) is 1. The third-order valence-corrected chi connectivity index (χ3v) is 4.15. The van der Waals surface area contributed by atoms with Crippen LogP contribution in [0.4, 0.5) is 5.82 Å². The third kappa shape index (κ3) is 3.95. The number of benzene rings is 1. The highest BCUT2D eigenvalue weighted by molar-refractivity contribution is 7.92. The highest BCUT2D eigenvalue weighted by Gasteiger charge is 2.15. The zero-order chi connectivity index (χ0) is 15.5. The van der Waals surface area contributed by atoms with Gasteiger partial charge < -0.3 is 4.74 Å². The van der Waals surface area contributed by atoms with Gasteiger partial charge in [0.05, 0.1) is 11.5 Å². The van der Waals surface area contributed by atoms with Gasteiger partial charge in [0, 0.05) is 5.69 Å². The van der Waals surface area contributed by atoms with Crippen molar-refractivity contribution in [1.29, 1.82) is 0 Å². The number of nitrogens with zero attached hydrogens (tertiary/aromatic N) is 1. The molecule has 6 heteroatoms. The van der Waals surface area contributed by atoms with Gasteiger partial charge in [0.2, 0.25) is 0 Å². The Hall–Kier alpha value is -2.08. The van der Waals surface area contributed by atoms with Crippen LogP contribution in [0.1, 0.15) is 18.2 Å². The fourth-order valence-electron chi connectivity index (χ4n) is 1.97. The first-order chi connectivity index (χ1) is 9.90. The lowest BCUT2D eigenvalue weighted by Crippen LogP contribution is -2.14. The maximum absolute atomic E-state index is 12.3. The summed E-state index contributed by atoms with van der Waals surface area (Å²) in [5.41, 5.74) is 1.71. The van der Waals surface area contributed by atoms with Gasteiger partial charge in [0.25, 0.3) is 10.0 Å². The maximum Gasteiger partial charge on any atom is 0.263 e. The van der Waals surface area contributed by atoms with Crippen molar-refractivity contribution in [2.24, 2.45) is 0 Å². The molecule has 0 aliphatic rings. The van der Waals surface area contributed by atoms with E-state index in [1.54, 1.807) is 18.2 Å². The summed E-state index contributed by atoms with van der Waals surface area (Å²) in [6.45, 7) is 6.12. The van der Waals surface area contributed by atoms with E-state index in [1.165, 1.54) is 12.1 Å². The molecular formula is C15H18N2O3S. The van der Waals surface area contributed by atoms with Crippen molar-refractivity contribution >= 4 is 15.8 Å². The molecule has 0 aliphatic heterocycles. The standard InChI is InChI=1S/C15H18N2O3S/c1-4-20-13-5-7-14(8-6-13)21(18,19)17-15-10-11(2)9-12(3)16-15/h5-10H,4H2,1-3H3,(H,16,17). The van der Waals surface area contributed by atoms with Crippen LogP contribution in [0.3, 0.4) is 0 Å². The van der Waals surface area contributed by atoms with Crippen molar-refractivity contribution in [2.75, 3.05) is 11.3 Å². The molecule has 0 radical (unpaired) electrons. The number of sulfonamides is 1. The molecule has 1 aromatic heterocycles. The van der Waals surface area contributed by atoms with Crippen LogP contribution >= 0.6 is 0 Å². The number of rotatable bonds is 5. The molecule has 2 aromatic rings. The first-order valence-electron chi connectivity index (χ1n) is 6.61. The molecule has 0 saturated heterocycles. The van der Waals surface area contributed by atoms with Gasteiger partial charge >= 0.3 is 0 Å². The summed E-state index contributed by atoms with van der Waals surface area (Å²) in [6.07, 6.45) is 0. The van der Waals surface area contributed by atoms with Gasteiger partial charge in [-0.05, 0) is 62.7 Å². The fourth-order valence-corrected chi connectivity index (χ4v) is 2.96. The van der Waals surface area contributed by atoms with E-state index in [2.05, 4.69) is 9.71 Å². The molecule has 1 aromatic carbocycles. The zero-order valence-corrected chi connectivity index (χ0v) is 13.1. The summed E-state index contributed by atoms with van der Waals surface area (Å²) < 4.78 is 32.4. The van der Waals surface area contributed by atoms with E-state index in [-0.39, 0.29) is 4.90 Å². The molecule has 5 nitrogen and oxygen atoms in total. The Kier molecular flexibility index (Phi) is 4.47. The van der Waals surface area contributed by atoms with E-state index in [4.69, 9.17) is 4.74 Å². The van der Waals surface area contributed by atoms with Crippen molar-refractivity contribution in [2.45, 2.75) is 25.7 Å². The lowest BCUT2D eigenvalue weighted by atomic mass is 10.2. The van der Waals surface area contributed by atoms with Gasteiger partial charge in [-0.1, -0.05) is 0 Å². The van der Waals surface area contributed by atoms with Crippen LogP contribution in [0.5, 0.6) is 5.75 Å². The van der Waals surface area contributed by atoms with Gasteiger partial charge in [0.15, 0.2) is 0 Å². The number of aryl methyl sites for hydroxylation is 2. The fraction of sp³-hybridized carbons (Fsp3) is 0.267. The normalized spacial score (nSPS) is 11.2. The topological polar surface area (TPSA) is 68.3 Å². The molecule has 0 unspecified atom stereocenters. The van der Waals surface area contributed by atoms with Crippen LogP contribution in [0.2, 0.25) is 0 Å². The molecule has 0 aliphatic carbocycles. The lowest BCUT2D eigenvalue weighted by molar-refractivity contribution is 0.340. The third-order valence-electron chi connectivity index (χ3n) is 2.78. The maximum atomic E-state index is 12.3. The highest BCUT2D eigenvalue weighted by atomic mass is 32.2. The van der Waals surface area contributed by atoms with Crippen LogP contribution < -0.4 is 9.46 Å². The van der Waals surface area contributed by atoms with Crippen molar-refractivity contribution < 1.29 is 13.2 Å². The number of aromatic nitrogens is 1. The predicted octanol–water partition coefficient (Wildman–Crippen LogP) is 2.90. The Bertz CT molecular complexity index is 705. The summed E-state index contributed by atoms with van der Waals surface area (Å²) in [7, 11) is -3.65.